The summed E-state index contributed by atoms with van der Waals surface area (Å²) >= 11 is 14.7. The minimum Gasteiger partial charge on any atom is -0.454 e. The number of imide groups is 1. The van der Waals surface area contributed by atoms with Crippen LogP contribution in [0.2, 0.25) is 10.0 Å². The predicted molar refractivity (Wildman–Crippen MR) is 124 cm³/mol. The molecule has 1 fully saturated rings. The number of carbonyl (C=O) groups excluding carboxylic acids is 2. The molecule has 5 rings (SSSR count). The fraction of sp³-hybridized carbons (Fsp3) is 0.0909. The topological polar surface area (TPSA) is 55.8 Å². The van der Waals surface area contributed by atoms with E-state index >= 15 is 0 Å². The maximum absolute atomic E-state index is 12.9. The van der Waals surface area contributed by atoms with Gasteiger partial charge in [0.15, 0.2) is 11.5 Å². The largest absolute Gasteiger partial charge is 0.454 e. The number of hydrogen-bond acceptors (Lipinski definition) is 6. The molecule has 2 aliphatic rings. The second-order valence-electron chi connectivity index (χ2n) is 6.77. The second-order valence-corrected chi connectivity index (χ2v) is 9.73. The number of fused-ring (bicyclic) bond motifs is 1. The maximum Gasteiger partial charge on any atom is 0.293 e. The summed E-state index contributed by atoms with van der Waals surface area (Å²) in [5.74, 6) is 0.761. The molecular weight excluding hydrogens is 477 g/mol. The second kappa shape index (κ2) is 8.24. The number of thiophene rings is 1. The first-order chi connectivity index (χ1) is 15.0. The van der Waals surface area contributed by atoms with E-state index in [-0.39, 0.29) is 24.5 Å². The lowest BCUT2D eigenvalue weighted by Gasteiger charge is -2.14. The Morgan fingerprint density at radius 3 is 2.52 bits per heavy atom. The van der Waals surface area contributed by atoms with E-state index in [1.165, 1.54) is 16.2 Å². The van der Waals surface area contributed by atoms with Crippen molar-refractivity contribution in [2.45, 2.75) is 6.54 Å². The van der Waals surface area contributed by atoms with Gasteiger partial charge in [-0.2, -0.15) is 0 Å². The average Bonchev–Trinajstić information content (AvgIpc) is 3.45. The highest BCUT2D eigenvalue weighted by Gasteiger charge is 2.35. The molecule has 2 aliphatic heterocycles. The average molecular weight is 490 g/mol. The van der Waals surface area contributed by atoms with Gasteiger partial charge < -0.3 is 9.47 Å². The van der Waals surface area contributed by atoms with Crippen LogP contribution in [0.15, 0.2) is 53.4 Å². The zero-order chi connectivity index (χ0) is 21.5. The summed E-state index contributed by atoms with van der Waals surface area (Å²) < 4.78 is 10.7. The van der Waals surface area contributed by atoms with Gasteiger partial charge in [-0.05, 0) is 59.3 Å². The van der Waals surface area contributed by atoms with E-state index in [2.05, 4.69) is 0 Å². The highest BCUT2D eigenvalue weighted by atomic mass is 35.5. The van der Waals surface area contributed by atoms with Crippen LogP contribution >= 0.6 is 46.3 Å². The molecule has 0 atom stereocenters. The molecule has 0 spiro atoms. The van der Waals surface area contributed by atoms with Gasteiger partial charge >= 0.3 is 0 Å². The van der Waals surface area contributed by atoms with Crippen LogP contribution in [0.5, 0.6) is 11.5 Å². The van der Waals surface area contributed by atoms with Crippen molar-refractivity contribution < 1.29 is 19.1 Å². The molecule has 1 aromatic heterocycles. The van der Waals surface area contributed by atoms with E-state index in [0.29, 0.717) is 32.0 Å². The van der Waals surface area contributed by atoms with Crippen LogP contribution in [0.4, 0.5) is 4.79 Å². The lowest BCUT2D eigenvalue weighted by atomic mass is 10.2. The number of hydrogen-bond donors (Lipinski definition) is 0. The van der Waals surface area contributed by atoms with E-state index in [9.17, 15) is 9.59 Å². The van der Waals surface area contributed by atoms with Gasteiger partial charge in [0.2, 0.25) is 6.79 Å². The third-order valence-corrected chi connectivity index (χ3v) is 7.37. The number of amides is 2. The number of thioether (sulfide) groups is 1. The molecule has 31 heavy (non-hydrogen) atoms. The molecule has 0 saturated carbocycles. The minimum absolute atomic E-state index is 0.0674. The van der Waals surface area contributed by atoms with Crippen LogP contribution in [0, 0.1) is 0 Å². The van der Waals surface area contributed by atoms with Crippen molar-refractivity contribution in [3.8, 4) is 21.9 Å². The lowest BCUT2D eigenvalue weighted by molar-refractivity contribution is -0.123. The smallest absolute Gasteiger partial charge is 0.293 e. The van der Waals surface area contributed by atoms with Crippen molar-refractivity contribution in [2.75, 3.05) is 6.79 Å². The molecule has 156 valence electrons. The maximum atomic E-state index is 12.9. The van der Waals surface area contributed by atoms with Gasteiger partial charge in [-0.3, -0.25) is 14.5 Å². The molecule has 0 N–H and O–H groups in total. The third kappa shape index (κ3) is 4.06. The van der Waals surface area contributed by atoms with Gasteiger partial charge in [0.25, 0.3) is 11.1 Å². The van der Waals surface area contributed by atoms with E-state index < -0.39 is 0 Å². The van der Waals surface area contributed by atoms with Crippen molar-refractivity contribution in [3.05, 3.63) is 73.9 Å². The molecule has 1 saturated heterocycles. The Kier molecular flexibility index (Phi) is 5.44. The van der Waals surface area contributed by atoms with Crippen LogP contribution in [0.25, 0.3) is 16.5 Å². The summed E-state index contributed by atoms with van der Waals surface area (Å²) in [4.78, 5) is 28.9. The first-order valence-electron chi connectivity index (χ1n) is 9.17. The zero-order valence-corrected chi connectivity index (χ0v) is 18.9. The summed E-state index contributed by atoms with van der Waals surface area (Å²) in [6, 6.07) is 14.8. The van der Waals surface area contributed by atoms with E-state index in [1.54, 1.807) is 18.2 Å². The highest BCUT2D eigenvalue weighted by molar-refractivity contribution is 8.18. The standard InChI is InChI=1S/C22H13Cl2NO4S2/c23-14-3-1-12(2-4-14)19-6-5-15(30-19)8-20-21(26)25(22(27)31-20)10-13-7-17-18(9-16(13)24)29-11-28-17/h1-9H,10-11H2. The molecule has 2 aromatic carbocycles. The molecule has 0 bridgehead atoms. The van der Waals surface area contributed by atoms with Gasteiger partial charge in [-0.15, -0.1) is 11.3 Å². The molecule has 3 heterocycles. The fourth-order valence-electron chi connectivity index (χ4n) is 3.22. The quantitative estimate of drug-likeness (QED) is 0.382. The van der Waals surface area contributed by atoms with Gasteiger partial charge in [0.1, 0.15) is 0 Å². The molecule has 9 heteroatoms. The Bertz CT molecular complexity index is 1240. The Labute approximate surface area is 196 Å². The van der Waals surface area contributed by atoms with Crippen LogP contribution in [-0.4, -0.2) is 22.8 Å². The molecule has 3 aromatic rings. The van der Waals surface area contributed by atoms with E-state index in [0.717, 1.165) is 27.1 Å². The van der Waals surface area contributed by atoms with Gasteiger partial charge in [-0.25, -0.2) is 0 Å². The summed E-state index contributed by atoms with van der Waals surface area (Å²) in [5.41, 5.74) is 1.66. The Balaban J connectivity index is 1.36. The molecule has 5 nitrogen and oxygen atoms in total. The number of ether oxygens (including phenoxy) is 2. The normalized spacial score (nSPS) is 16.6. The monoisotopic (exact) mass is 489 g/mol. The number of carbonyl (C=O) groups is 2. The van der Waals surface area contributed by atoms with E-state index in [1.807, 2.05) is 36.4 Å². The zero-order valence-electron chi connectivity index (χ0n) is 15.8. The van der Waals surface area contributed by atoms with Crippen LogP contribution in [-0.2, 0) is 11.3 Å². The number of halogens is 2. The summed E-state index contributed by atoms with van der Waals surface area (Å²) in [6.45, 7) is 0.191. The van der Waals surface area contributed by atoms with Crippen LogP contribution < -0.4 is 9.47 Å². The molecular formula is C22H13Cl2NO4S2. The van der Waals surface area contributed by atoms with Crippen molar-refractivity contribution in [3.63, 3.8) is 0 Å². The van der Waals surface area contributed by atoms with Crippen molar-refractivity contribution in [1.29, 1.82) is 0 Å². The fourth-order valence-corrected chi connectivity index (χ4v) is 5.42. The third-order valence-electron chi connectivity index (χ3n) is 4.77. The molecule has 0 radical (unpaired) electrons. The minimum atomic E-state index is -0.342. The van der Waals surface area contributed by atoms with Gasteiger partial charge in [-0.1, -0.05) is 35.3 Å². The lowest BCUT2D eigenvalue weighted by Crippen LogP contribution is -2.27. The molecule has 0 aliphatic carbocycles. The molecule has 0 unspecified atom stereocenters. The number of benzene rings is 2. The van der Waals surface area contributed by atoms with Crippen molar-refractivity contribution in [2.24, 2.45) is 0 Å². The van der Waals surface area contributed by atoms with Crippen molar-refractivity contribution >= 4 is 63.5 Å². The summed E-state index contributed by atoms with van der Waals surface area (Å²) in [6.07, 6.45) is 1.75. The number of rotatable bonds is 4. The van der Waals surface area contributed by atoms with Gasteiger partial charge in [0.05, 0.1) is 11.4 Å². The Morgan fingerprint density at radius 2 is 1.74 bits per heavy atom. The van der Waals surface area contributed by atoms with Crippen LogP contribution in [0.3, 0.4) is 0 Å². The van der Waals surface area contributed by atoms with E-state index in [4.69, 9.17) is 32.7 Å². The summed E-state index contributed by atoms with van der Waals surface area (Å²) in [5, 5.41) is 0.759. The van der Waals surface area contributed by atoms with Gasteiger partial charge in [0, 0.05) is 25.9 Å². The highest BCUT2D eigenvalue weighted by Crippen LogP contribution is 2.40. The van der Waals surface area contributed by atoms with Crippen molar-refractivity contribution in [1.82, 2.24) is 4.90 Å². The molecule has 2 amide bonds. The van der Waals surface area contributed by atoms with Crippen LogP contribution in [0.1, 0.15) is 10.4 Å². The predicted octanol–water partition coefficient (Wildman–Crippen LogP) is 6.69. The Hall–Kier alpha value is -2.45. The summed E-state index contributed by atoms with van der Waals surface area (Å²) in [7, 11) is 0. The SMILES string of the molecule is O=C1SC(=Cc2ccc(-c3ccc(Cl)cc3)s2)C(=O)N1Cc1cc2c(cc1Cl)OCO2. The Morgan fingerprint density at radius 1 is 1.00 bits per heavy atom. The number of nitrogens with zero attached hydrogens (tertiary/aromatic N) is 1. The first-order valence-corrected chi connectivity index (χ1v) is 11.6. The first kappa shape index (κ1) is 20.5.